The van der Waals surface area contributed by atoms with Crippen molar-refractivity contribution in [1.82, 2.24) is 5.32 Å². The van der Waals surface area contributed by atoms with Gasteiger partial charge in [-0.15, -0.1) is 0 Å². The van der Waals surface area contributed by atoms with Crippen molar-refractivity contribution in [1.29, 1.82) is 0 Å². The lowest BCUT2D eigenvalue weighted by molar-refractivity contribution is 0.0690. The SMILES string of the molecule is CNC(O)CCOCCCc1ccc(C)cc1. The topological polar surface area (TPSA) is 41.5 Å². The summed E-state index contributed by atoms with van der Waals surface area (Å²) in [6.45, 7) is 3.46. The molecule has 0 aliphatic heterocycles. The highest BCUT2D eigenvalue weighted by Crippen LogP contribution is 2.05. The van der Waals surface area contributed by atoms with Crippen LogP contribution in [0.5, 0.6) is 0 Å². The molecule has 96 valence electrons. The molecule has 0 radical (unpaired) electrons. The van der Waals surface area contributed by atoms with E-state index in [1.165, 1.54) is 11.1 Å². The van der Waals surface area contributed by atoms with Gasteiger partial charge < -0.3 is 9.84 Å². The summed E-state index contributed by atoms with van der Waals surface area (Å²) in [6, 6.07) is 8.61. The number of hydrogen-bond acceptors (Lipinski definition) is 3. The van der Waals surface area contributed by atoms with Crippen molar-refractivity contribution >= 4 is 0 Å². The Morgan fingerprint density at radius 3 is 2.59 bits per heavy atom. The fourth-order valence-electron chi connectivity index (χ4n) is 1.57. The van der Waals surface area contributed by atoms with Gasteiger partial charge in [0.1, 0.15) is 6.23 Å². The second kappa shape index (κ2) is 8.23. The third kappa shape index (κ3) is 6.41. The summed E-state index contributed by atoms with van der Waals surface area (Å²) in [4.78, 5) is 0. The average molecular weight is 237 g/mol. The van der Waals surface area contributed by atoms with Crippen LogP contribution >= 0.6 is 0 Å². The zero-order chi connectivity index (χ0) is 12.5. The Kier molecular flexibility index (Phi) is 6.86. The summed E-state index contributed by atoms with van der Waals surface area (Å²) < 4.78 is 5.45. The molecule has 0 aromatic heterocycles. The number of rotatable bonds is 8. The Balaban J connectivity index is 2.02. The third-order valence-electron chi connectivity index (χ3n) is 2.74. The van der Waals surface area contributed by atoms with Gasteiger partial charge in [0, 0.05) is 13.0 Å². The molecule has 3 nitrogen and oxygen atoms in total. The van der Waals surface area contributed by atoms with Crippen molar-refractivity contribution in [2.24, 2.45) is 0 Å². The summed E-state index contributed by atoms with van der Waals surface area (Å²) in [7, 11) is 1.74. The summed E-state index contributed by atoms with van der Waals surface area (Å²) in [5, 5.41) is 12.0. The van der Waals surface area contributed by atoms with Gasteiger partial charge in [-0.05, 0) is 32.4 Å². The van der Waals surface area contributed by atoms with Gasteiger partial charge in [0.2, 0.25) is 0 Å². The Hall–Kier alpha value is -0.900. The van der Waals surface area contributed by atoms with Gasteiger partial charge in [0.25, 0.3) is 0 Å². The van der Waals surface area contributed by atoms with Crippen molar-refractivity contribution in [3.63, 3.8) is 0 Å². The second-order valence-electron chi connectivity index (χ2n) is 4.29. The van der Waals surface area contributed by atoms with E-state index in [1.807, 2.05) is 0 Å². The second-order valence-corrected chi connectivity index (χ2v) is 4.29. The molecule has 0 amide bonds. The largest absolute Gasteiger partial charge is 0.381 e. The predicted molar refractivity (Wildman–Crippen MR) is 70.0 cm³/mol. The van der Waals surface area contributed by atoms with Crippen LogP contribution in [0.1, 0.15) is 24.0 Å². The molecule has 2 N–H and O–H groups in total. The van der Waals surface area contributed by atoms with Crippen LogP contribution in [0.2, 0.25) is 0 Å². The van der Waals surface area contributed by atoms with E-state index in [0.29, 0.717) is 13.0 Å². The molecular formula is C14H23NO2. The van der Waals surface area contributed by atoms with Crippen molar-refractivity contribution in [3.8, 4) is 0 Å². The van der Waals surface area contributed by atoms with Crippen LogP contribution in [0.3, 0.4) is 0 Å². The van der Waals surface area contributed by atoms with E-state index < -0.39 is 6.23 Å². The molecule has 0 fully saturated rings. The predicted octanol–water partition coefficient (Wildman–Crippen LogP) is 1.87. The van der Waals surface area contributed by atoms with E-state index in [0.717, 1.165) is 19.4 Å². The number of benzene rings is 1. The van der Waals surface area contributed by atoms with Crippen LogP contribution in [0.4, 0.5) is 0 Å². The van der Waals surface area contributed by atoms with Gasteiger partial charge in [-0.3, -0.25) is 5.32 Å². The first-order valence-electron chi connectivity index (χ1n) is 6.21. The highest BCUT2D eigenvalue weighted by molar-refractivity contribution is 5.21. The Morgan fingerprint density at radius 2 is 1.94 bits per heavy atom. The van der Waals surface area contributed by atoms with Gasteiger partial charge in [-0.25, -0.2) is 0 Å². The van der Waals surface area contributed by atoms with Crippen molar-refractivity contribution in [2.45, 2.75) is 32.4 Å². The van der Waals surface area contributed by atoms with Gasteiger partial charge in [0.05, 0.1) is 6.61 Å². The minimum Gasteiger partial charge on any atom is -0.381 e. The molecule has 0 spiro atoms. The normalized spacial score (nSPS) is 12.6. The Bertz CT molecular complexity index is 298. The molecule has 0 aliphatic carbocycles. The molecule has 3 heteroatoms. The van der Waals surface area contributed by atoms with Crippen molar-refractivity contribution in [2.75, 3.05) is 20.3 Å². The molecule has 1 atom stereocenters. The third-order valence-corrected chi connectivity index (χ3v) is 2.74. The van der Waals surface area contributed by atoms with E-state index in [2.05, 4.69) is 36.5 Å². The summed E-state index contributed by atoms with van der Waals surface area (Å²) in [5.74, 6) is 0. The number of aliphatic hydroxyl groups is 1. The average Bonchev–Trinajstić information content (AvgIpc) is 2.35. The van der Waals surface area contributed by atoms with Crippen molar-refractivity contribution in [3.05, 3.63) is 35.4 Å². The number of nitrogens with one attached hydrogen (secondary N) is 1. The van der Waals surface area contributed by atoms with E-state index in [9.17, 15) is 5.11 Å². The molecule has 1 aromatic rings. The van der Waals surface area contributed by atoms with Gasteiger partial charge in [0.15, 0.2) is 0 Å². The molecule has 17 heavy (non-hydrogen) atoms. The maximum absolute atomic E-state index is 9.23. The first-order chi connectivity index (χ1) is 8.22. The molecular weight excluding hydrogens is 214 g/mol. The summed E-state index contributed by atoms with van der Waals surface area (Å²) >= 11 is 0. The molecule has 0 aliphatic rings. The first-order valence-corrected chi connectivity index (χ1v) is 6.21. The van der Waals surface area contributed by atoms with Gasteiger partial charge >= 0.3 is 0 Å². The highest BCUT2D eigenvalue weighted by Gasteiger charge is 1.99. The molecule has 1 unspecified atom stereocenters. The zero-order valence-corrected chi connectivity index (χ0v) is 10.8. The van der Waals surface area contributed by atoms with Crippen LogP contribution in [0, 0.1) is 6.92 Å². The van der Waals surface area contributed by atoms with Gasteiger partial charge in [-0.2, -0.15) is 0 Å². The fourth-order valence-corrected chi connectivity index (χ4v) is 1.57. The summed E-state index contributed by atoms with van der Waals surface area (Å²) in [5.41, 5.74) is 2.65. The van der Waals surface area contributed by atoms with Crippen LogP contribution < -0.4 is 5.32 Å². The lowest BCUT2D eigenvalue weighted by Crippen LogP contribution is -2.25. The molecule has 1 aromatic carbocycles. The standard InChI is InChI=1S/C14H23NO2/c1-12-5-7-13(8-6-12)4-3-10-17-11-9-14(16)15-2/h5-8,14-16H,3-4,9-11H2,1-2H3. The lowest BCUT2D eigenvalue weighted by Gasteiger charge is -2.09. The van der Waals surface area contributed by atoms with E-state index in [1.54, 1.807) is 7.05 Å². The van der Waals surface area contributed by atoms with Crippen LogP contribution in [0.25, 0.3) is 0 Å². The Morgan fingerprint density at radius 1 is 1.24 bits per heavy atom. The molecule has 0 saturated heterocycles. The van der Waals surface area contributed by atoms with Gasteiger partial charge in [-0.1, -0.05) is 29.8 Å². The van der Waals surface area contributed by atoms with Crippen LogP contribution in [-0.4, -0.2) is 31.6 Å². The Labute approximate surface area is 104 Å². The summed E-state index contributed by atoms with van der Waals surface area (Å²) in [6.07, 6.45) is 2.27. The molecule has 1 rings (SSSR count). The van der Waals surface area contributed by atoms with Crippen LogP contribution in [0.15, 0.2) is 24.3 Å². The van der Waals surface area contributed by atoms with Crippen molar-refractivity contribution < 1.29 is 9.84 Å². The quantitative estimate of drug-likeness (QED) is 0.536. The fraction of sp³-hybridized carbons (Fsp3) is 0.571. The first kappa shape index (κ1) is 14.2. The molecule has 0 bridgehead atoms. The number of ether oxygens (including phenoxy) is 1. The van der Waals surface area contributed by atoms with Crippen LogP contribution in [-0.2, 0) is 11.2 Å². The zero-order valence-electron chi connectivity index (χ0n) is 10.8. The van der Waals surface area contributed by atoms with E-state index in [-0.39, 0.29) is 0 Å². The molecule has 0 heterocycles. The number of aryl methyl sites for hydroxylation is 2. The van der Waals surface area contributed by atoms with E-state index >= 15 is 0 Å². The minimum atomic E-state index is -0.452. The minimum absolute atomic E-state index is 0.452. The number of hydrogen-bond donors (Lipinski definition) is 2. The monoisotopic (exact) mass is 237 g/mol. The maximum atomic E-state index is 9.23. The lowest BCUT2D eigenvalue weighted by atomic mass is 10.1. The number of aliphatic hydroxyl groups excluding tert-OH is 1. The van der Waals surface area contributed by atoms with E-state index in [4.69, 9.17) is 4.74 Å². The highest BCUT2D eigenvalue weighted by atomic mass is 16.5. The smallest absolute Gasteiger partial charge is 0.106 e. The molecule has 0 saturated carbocycles. The maximum Gasteiger partial charge on any atom is 0.106 e.